The number of aliphatic imine (C=N–C) groups is 1. The molecule has 1 aliphatic heterocycles. The number of fused-ring (bicyclic) bond motifs is 1. The van der Waals surface area contributed by atoms with Crippen LogP contribution in [0.15, 0.2) is 87.3 Å². The van der Waals surface area contributed by atoms with Crippen LogP contribution in [0.25, 0.3) is 22.6 Å². The standard InChI is InChI=1S/C24H19N7O4/c32-23-21(22(29-30-23)25-14-13-15-5-11-18(12-6-15)31(33)34)28-27-17-9-7-16(8-10-17)24-26-19-3-1-2-4-20(19)35-24/h1-12,14,22,27,29H,13H2,(H,30,32)/b25-14-,28-21+. The van der Waals surface area contributed by atoms with Gasteiger partial charge in [0, 0.05) is 30.3 Å². The van der Waals surface area contributed by atoms with Crippen LogP contribution in [0.4, 0.5) is 11.4 Å². The molecule has 0 spiro atoms. The van der Waals surface area contributed by atoms with E-state index in [9.17, 15) is 14.9 Å². The Labute approximate surface area is 198 Å². The quantitative estimate of drug-likeness (QED) is 0.213. The minimum atomic E-state index is -0.674. The summed E-state index contributed by atoms with van der Waals surface area (Å²) in [6.45, 7) is 0. The van der Waals surface area contributed by atoms with Gasteiger partial charge in [0.2, 0.25) is 5.89 Å². The van der Waals surface area contributed by atoms with Crippen molar-refractivity contribution in [3.63, 3.8) is 0 Å². The van der Waals surface area contributed by atoms with Crippen LogP contribution in [0.5, 0.6) is 0 Å². The first kappa shape index (κ1) is 21.9. The minimum Gasteiger partial charge on any atom is -0.436 e. The van der Waals surface area contributed by atoms with Gasteiger partial charge in [0.1, 0.15) is 5.52 Å². The van der Waals surface area contributed by atoms with Crippen molar-refractivity contribution in [1.29, 1.82) is 0 Å². The Balaban J connectivity index is 1.23. The van der Waals surface area contributed by atoms with E-state index in [1.54, 1.807) is 30.5 Å². The van der Waals surface area contributed by atoms with Gasteiger partial charge >= 0.3 is 0 Å². The number of nitrogens with one attached hydrogen (secondary N) is 3. The molecule has 35 heavy (non-hydrogen) atoms. The van der Waals surface area contributed by atoms with Gasteiger partial charge in [0.25, 0.3) is 11.6 Å². The molecule has 1 fully saturated rings. The number of para-hydroxylation sites is 2. The molecule has 0 saturated carbocycles. The van der Waals surface area contributed by atoms with Crippen LogP contribution in [0, 0.1) is 10.1 Å². The van der Waals surface area contributed by atoms with Crippen molar-refractivity contribution in [2.45, 2.75) is 12.6 Å². The fraction of sp³-hybridized carbons (Fsp3) is 0.0833. The summed E-state index contributed by atoms with van der Waals surface area (Å²) in [6.07, 6.45) is 1.40. The number of aromatic nitrogens is 1. The number of carbonyl (C=O) groups is 1. The SMILES string of the molecule is O=C1NNC(/N=C\Cc2ccc([N+](=O)[O-])cc2)/C1=N\Nc1ccc(-c2nc3ccccc3o2)cc1. The predicted molar refractivity (Wildman–Crippen MR) is 131 cm³/mol. The summed E-state index contributed by atoms with van der Waals surface area (Å²) in [6, 6.07) is 21.1. The topological polar surface area (TPSA) is 147 Å². The lowest BCUT2D eigenvalue weighted by molar-refractivity contribution is -0.384. The zero-order chi connectivity index (χ0) is 24.2. The molecule has 0 radical (unpaired) electrons. The molecule has 1 atom stereocenters. The molecule has 1 unspecified atom stereocenters. The zero-order valence-corrected chi connectivity index (χ0v) is 18.2. The number of carbonyl (C=O) groups excluding carboxylic acids is 1. The van der Waals surface area contributed by atoms with E-state index < -0.39 is 17.0 Å². The van der Waals surface area contributed by atoms with Crippen molar-refractivity contribution in [2.75, 3.05) is 5.43 Å². The van der Waals surface area contributed by atoms with Gasteiger partial charge in [-0.1, -0.05) is 24.3 Å². The van der Waals surface area contributed by atoms with Gasteiger partial charge in [-0.2, -0.15) is 5.10 Å². The highest BCUT2D eigenvalue weighted by atomic mass is 16.6. The number of hydrogen-bond donors (Lipinski definition) is 3. The normalized spacial score (nSPS) is 16.7. The van der Waals surface area contributed by atoms with Gasteiger partial charge < -0.3 is 4.42 Å². The van der Waals surface area contributed by atoms with E-state index in [-0.39, 0.29) is 11.4 Å². The highest BCUT2D eigenvalue weighted by Crippen LogP contribution is 2.25. The molecule has 0 aliphatic carbocycles. The number of anilines is 1. The van der Waals surface area contributed by atoms with Crippen LogP contribution in [0.2, 0.25) is 0 Å². The van der Waals surface area contributed by atoms with E-state index in [0.29, 0.717) is 18.0 Å². The van der Waals surface area contributed by atoms with Crippen molar-refractivity contribution in [3.8, 4) is 11.5 Å². The van der Waals surface area contributed by atoms with E-state index in [1.807, 2.05) is 36.4 Å². The number of non-ortho nitro benzene ring substituents is 1. The maximum absolute atomic E-state index is 12.2. The van der Waals surface area contributed by atoms with Crippen LogP contribution in [0.3, 0.4) is 0 Å². The van der Waals surface area contributed by atoms with E-state index in [4.69, 9.17) is 4.42 Å². The third-order valence-electron chi connectivity index (χ3n) is 5.27. The highest BCUT2D eigenvalue weighted by Gasteiger charge is 2.29. The molecule has 1 aromatic heterocycles. The van der Waals surface area contributed by atoms with Crippen molar-refractivity contribution in [1.82, 2.24) is 15.8 Å². The summed E-state index contributed by atoms with van der Waals surface area (Å²) in [4.78, 5) is 31.3. The number of hydrazone groups is 1. The maximum Gasteiger partial charge on any atom is 0.285 e. The van der Waals surface area contributed by atoms with Gasteiger partial charge in [-0.25, -0.2) is 10.4 Å². The molecule has 1 amide bonds. The number of amides is 1. The lowest BCUT2D eigenvalue weighted by Crippen LogP contribution is -2.30. The largest absolute Gasteiger partial charge is 0.436 e. The number of nitrogens with zero attached hydrogens (tertiary/aromatic N) is 4. The lowest BCUT2D eigenvalue weighted by atomic mass is 10.1. The Bertz CT molecular complexity index is 1410. The Hall–Kier alpha value is -4.90. The van der Waals surface area contributed by atoms with Crippen LogP contribution in [-0.4, -0.2) is 33.9 Å². The van der Waals surface area contributed by atoms with Crippen molar-refractivity contribution >= 4 is 40.3 Å². The van der Waals surface area contributed by atoms with Crippen LogP contribution < -0.4 is 16.3 Å². The maximum atomic E-state index is 12.2. The average Bonchev–Trinajstić information content (AvgIpc) is 3.47. The summed E-state index contributed by atoms with van der Waals surface area (Å²) in [7, 11) is 0. The van der Waals surface area contributed by atoms with Gasteiger partial charge in [-0.15, -0.1) is 0 Å². The lowest BCUT2D eigenvalue weighted by Gasteiger charge is -2.05. The molecule has 2 heterocycles. The van der Waals surface area contributed by atoms with Crippen LogP contribution >= 0.6 is 0 Å². The predicted octanol–water partition coefficient (Wildman–Crippen LogP) is 3.44. The average molecular weight is 469 g/mol. The molecule has 3 aromatic carbocycles. The molecule has 11 nitrogen and oxygen atoms in total. The summed E-state index contributed by atoms with van der Waals surface area (Å²) < 4.78 is 5.78. The Kier molecular flexibility index (Phi) is 5.97. The minimum absolute atomic E-state index is 0.0281. The van der Waals surface area contributed by atoms with Gasteiger partial charge in [-0.3, -0.25) is 30.8 Å². The van der Waals surface area contributed by atoms with E-state index in [0.717, 1.165) is 22.2 Å². The first-order valence-electron chi connectivity index (χ1n) is 10.7. The number of nitro benzene ring substituents is 1. The molecular formula is C24H19N7O4. The third-order valence-corrected chi connectivity index (χ3v) is 5.27. The molecule has 1 saturated heterocycles. The first-order valence-corrected chi connectivity index (χ1v) is 10.7. The van der Waals surface area contributed by atoms with Gasteiger partial charge in [0.05, 0.1) is 10.6 Å². The molecule has 174 valence electrons. The van der Waals surface area contributed by atoms with Crippen LogP contribution in [0.1, 0.15) is 5.56 Å². The smallest absolute Gasteiger partial charge is 0.285 e. The molecule has 5 rings (SSSR count). The second kappa shape index (κ2) is 9.53. The molecular weight excluding hydrogens is 450 g/mol. The zero-order valence-electron chi connectivity index (χ0n) is 18.2. The molecule has 11 heteroatoms. The second-order valence-electron chi connectivity index (χ2n) is 7.63. The molecule has 1 aliphatic rings. The van der Waals surface area contributed by atoms with Crippen molar-refractivity contribution < 1.29 is 14.1 Å². The van der Waals surface area contributed by atoms with Gasteiger partial charge in [0.15, 0.2) is 17.5 Å². The number of oxazole rings is 1. The number of hydrazine groups is 1. The van der Waals surface area contributed by atoms with E-state index in [2.05, 4.69) is 31.4 Å². The molecule has 4 aromatic rings. The summed E-state index contributed by atoms with van der Waals surface area (Å²) >= 11 is 0. The molecule has 3 N–H and O–H groups in total. The monoisotopic (exact) mass is 469 g/mol. The summed E-state index contributed by atoms with van der Waals surface area (Å²) in [5.41, 5.74) is 12.2. The Morgan fingerprint density at radius 3 is 2.60 bits per heavy atom. The number of nitro groups is 1. The van der Waals surface area contributed by atoms with Crippen LogP contribution in [-0.2, 0) is 11.2 Å². The molecule has 0 bridgehead atoms. The second-order valence-corrected chi connectivity index (χ2v) is 7.63. The fourth-order valence-corrected chi connectivity index (χ4v) is 3.44. The number of benzene rings is 3. The third kappa shape index (κ3) is 4.89. The highest BCUT2D eigenvalue weighted by molar-refractivity contribution is 6.42. The fourth-order valence-electron chi connectivity index (χ4n) is 3.44. The first-order chi connectivity index (χ1) is 17.1. The van der Waals surface area contributed by atoms with Crippen molar-refractivity contribution in [3.05, 3.63) is 88.5 Å². The number of hydrogen-bond acceptors (Lipinski definition) is 9. The van der Waals surface area contributed by atoms with E-state index >= 15 is 0 Å². The Morgan fingerprint density at radius 1 is 1.09 bits per heavy atom. The summed E-state index contributed by atoms with van der Waals surface area (Å²) in [5.74, 6) is 0.129. The van der Waals surface area contributed by atoms with E-state index in [1.165, 1.54) is 12.1 Å². The van der Waals surface area contributed by atoms with Gasteiger partial charge in [-0.05, 0) is 42.0 Å². The van der Waals surface area contributed by atoms with Crippen molar-refractivity contribution in [2.24, 2.45) is 10.1 Å². The summed E-state index contributed by atoms with van der Waals surface area (Å²) in [5, 5.41) is 15.0. The number of rotatable bonds is 7. The Morgan fingerprint density at radius 2 is 1.86 bits per heavy atom.